The fourth-order valence-corrected chi connectivity index (χ4v) is 2.65. The second kappa shape index (κ2) is 12.4. The Kier molecular flexibility index (Phi) is 10.6. The van der Waals surface area contributed by atoms with E-state index < -0.39 is 12.0 Å². The number of non-ortho nitro benzene ring substituents is 1. The molecule has 26 heavy (non-hydrogen) atoms. The van der Waals surface area contributed by atoms with Gasteiger partial charge in [0.2, 0.25) is 0 Å². The van der Waals surface area contributed by atoms with Gasteiger partial charge in [-0.1, -0.05) is 32.6 Å². The molecule has 0 saturated heterocycles. The van der Waals surface area contributed by atoms with Crippen molar-refractivity contribution in [1.29, 1.82) is 0 Å². The third-order valence-electron chi connectivity index (χ3n) is 4.18. The molecule has 7 nitrogen and oxygen atoms in total. The molecule has 0 radical (unpaired) electrons. The highest BCUT2D eigenvalue weighted by Gasteiger charge is 2.16. The average molecular weight is 364 g/mol. The minimum absolute atomic E-state index is 0.0451. The third-order valence-corrected chi connectivity index (χ3v) is 4.18. The Morgan fingerprint density at radius 1 is 1.15 bits per heavy atom. The molecule has 1 aromatic rings. The summed E-state index contributed by atoms with van der Waals surface area (Å²) in [4.78, 5) is 23.9. The van der Waals surface area contributed by atoms with Crippen molar-refractivity contribution in [3.05, 3.63) is 34.4 Å². The van der Waals surface area contributed by atoms with Crippen LogP contribution in [0.25, 0.3) is 0 Å². The maximum Gasteiger partial charge on any atom is 0.376 e. The number of ether oxygens (including phenoxy) is 1. The molecule has 0 aliphatic rings. The Hall–Kier alpha value is -1.93. The van der Waals surface area contributed by atoms with Crippen molar-refractivity contribution < 1.29 is 19.5 Å². The Morgan fingerprint density at radius 2 is 1.77 bits per heavy atom. The van der Waals surface area contributed by atoms with Gasteiger partial charge in [0.1, 0.15) is 5.75 Å². The SMILES string of the molecule is CCCCCCCN(CCCC(=O)Oc1ccc([N+](=O)[O-])cc1)B(C)O. The molecule has 0 aromatic heterocycles. The summed E-state index contributed by atoms with van der Waals surface area (Å²) in [6, 6.07) is 5.43. The highest BCUT2D eigenvalue weighted by molar-refractivity contribution is 6.45. The van der Waals surface area contributed by atoms with Crippen LogP contribution in [0.5, 0.6) is 5.75 Å². The van der Waals surface area contributed by atoms with E-state index in [1.54, 1.807) is 6.82 Å². The number of rotatable bonds is 13. The first-order valence-corrected chi connectivity index (χ1v) is 9.31. The molecule has 0 unspecified atom stereocenters. The molecule has 0 atom stereocenters. The Morgan fingerprint density at radius 3 is 2.35 bits per heavy atom. The van der Waals surface area contributed by atoms with Gasteiger partial charge in [0.05, 0.1) is 4.92 Å². The third kappa shape index (κ3) is 8.96. The first-order chi connectivity index (χ1) is 12.4. The van der Waals surface area contributed by atoms with Crippen LogP contribution < -0.4 is 4.74 Å². The van der Waals surface area contributed by atoms with Gasteiger partial charge in [0.25, 0.3) is 5.69 Å². The fourth-order valence-electron chi connectivity index (χ4n) is 2.65. The van der Waals surface area contributed by atoms with E-state index in [2.05, 4.69) is 6.92 Å². The summed E-state index contributed by atoms with van der Waals surface area (Å²) in [5.41, 5.74) is -0.0451. The Balaban J connectivity index is 2.30. The summed E-state index contributed by atoms with van der Waals surface area (Å²) in [6.45, 7) is 5.36. The number of carbonyl (C=O) groups is 1. The second-order valence-corrected chi connectivity index (χ2v) is 6.41. The molecule has 0 aliphatic carbocycles. The van der Waals surface area contributed by atoms with Gasteiger partial charge in [0, 0.05) is 18.6 Å². The van der Waals surface area contributed by atoms with Crippen LogP contribution in [-0.4, -0.2) is 40.9 Å². The quantitative estimate of drug-likeness (QED) is 0.143. The molecule has 144 valence electrons. The lowest BCUT2D eigenvalue weighted by Gasteiger charge is -2.22. The maximum absolute atomic E-state index is 11.9. The van der Waals surface area contributed by atoms with E-state index in [-0.39, 0.29) is 18.1 Å². The summed E-state index contributed by atoms with van der Waals surface area (Å²) in [7, 11) is -0.535. The van der Waals surface area contributed by atoms with Gasteiger partial charge in [0.15, 0.2) is 0 Å². The minimum atomic E-state index is -0.535. The lowest BCUT2D eigenvalue weighted by molar-refractivity contribution is -0.384. The molecular formula is C18H29BN2O5. The van der Waals surface area contributed by atoms with Crippen LogP contribution in [0, 0.1) is 10.1 Å². The van der Waals surface area contributed by atoms with Crippen molar-refractivity contribution in [2.75, 3.05) is 13.1 Å². The zero-order valence-electron chi connectivity index (χ0n) is 15.7. The first-order valence-electron chi connectivity index (χ1n) is 9.31. The smallest absolute Gasteiger partial charge is 0.376 e. The largest absolute Gasteiger partial charge is 0.437 e. The summed E-state index contributed by atoms with van der Waals surface area (Å²) in [5.74, 6) is -0.0868. The zero-order valence-corrected chi connectivity index (χ0v) is 15.7. The fraction of sp³-hybridized carbons (Fsp3) is 0.611. The van der Waals surface area contributed by atoms with E-state index in [9.17, 15) is 19.9 Å². The van der Waals surface area contributed by atoms with E-state index in [1.807, 2.05) is 4.81 Å². The number of carbonyl (C=O) groups excluding carboxylic acids is 1. The number of hydrogen-bond donors (Lipinski definition) is 1. The monoisotopic (exact) mass is 364 g/mol. The molecule has 1 N–H and O–H groups in total. The summed E-state index contributed by atoms with van der Waals surface area (Å²) in [5, 5.41) is 20.4. The molecule has 0 amide bonds. The van der Waals surface area contributed by atoms with Gasteiger partial charge in [-0.3, -0.25) is 14.9 Å². The van der Waals surface area contributed by atoms with Crippen LogP contribution >= 0.6 is 0 Å². The highest BCUT2D eigenvalue weighted by Crippen LogP contribution is 2.18. The van der Waals surface area contributed by atoms with E-state index in [0.717, 1.165) is 19.4 Å². The van der Waals surface area contributed by atoms with Gasteiger partial charge in [-0.2, -0.15) is 0 Å². The number of unbranched alkanes of at least 4 members (excludes halogenated alkanes) is 4. The average Bonchev–Trinajstić information content (AvgIpc) is 2.60. The van der Waals surface area contributed by atoms with Crippen molar-refractivity contribution in [2.24, 2.45) is 0 Å². The molecule has 0 heterocycles. The zero-order chi connectivity index (χ0) is 19.4. The second-order valence-electron chi connectivity index (χ2n) is 6.41. The van der Waals surface area contributed by atoms with Crippen LogP contribution in [0.3, 0.4) is 0 Å². The number of nitro groups is 1. The number of nitro benzene ring substituents is 1. The van der Waals surface area contributed by atoms with Gasteiger partial charge in [-0.05, 0) is 44.9 Å². The van der Waals surface area contributed by atoms with Gasteiger partial charge in [-0.15, -0.1) is 0 Å². The predicted octanol–water partition coefficient (Wildman–Crippen LogP) is 3.66. The van der Waals surface area contributed by atoms with E-state index in [1.165, 1.54) is 43.5 Å². The first kappa shape index (κ1) is 22.1. The molecule has 0 bridgehead atoms. The van der Waals surface area contributed by atoms with Crippen molar-refractivity contribution in [3.8, 4) is 5.75 Å². The lowest BCUT2D eigenvalue weighted by atomic mass is 9.84. The van der Waals surface area contributed by atoms with Crippen LogP contribution in [-0.2, 0) is 4.79 Å². The van der Waals surface area contributed by atoms with Gasteiger partial charge >= 0.3 is 13.0 Å². The van der Waals surface area contributed by atoms with Crippen LogP contribution in [0.2, 0.25) is 6.82 Å². The van der Waals surface area contributed by atoms with E-state index in [4.69, 9.17) is 4.74 Å². The van der Waals surface area contributed by atoms with Gasteiger partial charge < -0.3 is 14.6 Å². The van der Waals surface area contributed by atoms with Crippen molar-refractivity contribution in [2.45, 2.75) is 58.7 Å². The lowest BCUT2D eigenvalue weighted by Crippen LogP contribution is -2.38. The van der Waals surface area contributed by atoms with Gasteiger partial charge in [-0.25, -0.2) is 0 Å². The van der Waals surface area contributed by atoms with Crippen molar-refractivity contribution in [3.63, 3.8) is 0 Å². The summed E-state index contributed by atoms with van der Waals surface area (Å²) < 4.78 is 5.17. The Bertz CT molecular complexity index is 551. The molecule has 8 heteroatoms. The maximum atomic E-state index is 11.9. The Labute approximate surface area is 155 Å². The molecule has 0 fully saturated rings. The normalized spacial score (nSPS) is 10.8. The molecule has 0 spiro atoms. The number of hydrogen-bond acceptors (Lipinski definition) is 6. The minimum Gasteiger partial charge on any atom is -0.437 e. The molecule has 0 aliphatic heterocycles. The summed E-state index contributed by atoms with van der Waals surface area (Å²) in [6.07, 6.45) is 6.67. The number of esters is 1. The molecular weight excluding hydrogens is 335 g/mol. The van der Waals surface area contributed by atoms with E-state index >= 15 is 0 Å². The van der Waals surface area contributed by atoms with Crippen LogP contribution in [0.1, 0.15) is 51.9 Å². The predicted molar refractivity (Wildman–Crippen MR) is 102 cm³/mol. The van der Waals surface area contributed by atoms with E-state index in [0.29, 0.717) is 18.7 Å². The van der Waals surface area contributed by atoms with Crippen molar-refractivity contribution >= 4 is 18.7 Å². The topological polar surface area (TPSA) is 92.9 Å². The number of nitrogens with zero attached hydrogens (tertiary/aromatic N) is 2. The van der Waals surface area contributed by atoms with Crippen LogP contribution in [0.15, 0.2) is 24.3 Å². The molecule has 1 rings (SSSR count). The highest BCUT2D eigenvalue weighted by atomic mass is 16.6. The molecule has 1 aromatic carbocycles. The molecule has 0 saturated carbocycles. The summed E-state index contributed by atoms with van der Waals surface area (Å²) >= 11 is 0. The standard InChI is InChI=1S/C18H29BN2O5/c1-3-4-5-6-7-14-20(19(2)23)15-8-9-18(22)26-17-12-10-16(11-13-17)21(24)25/h10-13,23H,3-9,14-15H2,1-2H3. The number of benzene rings is 1. The van der Waals surface area contributed by atoms with Crippen LogP contribution in [0.4, 0.5) is 5.69 Å². The van der Waals surface area contributed by atoms with Crippen molar-refractivity contribution in [1.82, 2.24) is 4.81 Å².